The van der Waals surface area contributed by atoms with E-state index in [-0.39, 0.29) is 40.4 Å². The Labute approximate surface area is 198 Å². The fourth-order valence-electron chi connectivity index (χ4n) is 4.02. The second-order valence-corrected chi connectivity index (χ2v) is 8.25. The van der Waals surface area contributed by atoms with Crippen molar-refractivity contribution in [1.29, 1.82) is 0 Å². The van der Waals surface area contributed by atoms with E-state index in [1.54, 1.807) is 12.1 Å². The minimum Gasteiger partial charge on any atom is -0.363 e. The van der Waals surface area contributed by atoms with Gasteiger partial charge in [0.05, 0.1) is 16.5 Å². The average molecular weight is 489 g/mol. The van der Waals surface area contributed by atoms with Crippen molar-refractivity contribution < 1.29 is 27.4 Å². The molecule has 0 N–H and O–H groups in total. The molecule has 1 aliphatic heterocycles. The van der Waals surface area contributed by atoms with Gasteiger partial charge in [0.25, 0.3) is 5.69 Å². The number of nitro benzene ring substituents is 1. The third-order valence-electron chi connectivity index (χ3n) is 6.03. The van der Waals surface area contributed by atoms with Crippen molar-refractivity contribution in [3.63, 3.8) is 0 Å². The number of nitro groups is 1. The molecule has 4 rings (SSSR count). The first-order valence-electron chi connectivity index (χ1n) is 10.8. The molecule has 1 aliphatic rings. The van der Waals surface area contributed by atoms with E-state index < -0.39 is 16.7 Å². The van der Waals surface area contributed by atoms with Gasteiger partial charge >= 0.3 is 6.18 Å². The highest BCUT2D eigenvalue weighted by Gasteiger charge is 2.32. The van der Waals surface area contributed by atoms with Gasteiger partial charge in [0.15, 0.2) is 5.78 Å². The number of hydrogen-bond donors (Lipinski definition) is 0. The van der Waals surface area contributed by atoms with E-state index in [1.165, 1.54) is 25.1 Å². The first-order chi connectivity index (χ1) is 16.5. The van der Waals surface area contributed by atoms with E-state index in [1.807, 2.05) is 11.8 Å². The maximum absolute atomic E-state index is 13.0. The zero-order chi connectivity index (χ0) is 25.3. The number of ketones is 1. The molecule has 12 heteroatoms. The van der Waals surface area contributed by atoms with Crippen molar-refractivity contribution in [3.05, 3.63) is 69.6 Å². The Bertz CT molecular complexity index is 1250. The van der Waals surface area contributed by atoms with Crippen LogP contribution in [0.25, 0.3) is 11.4 Å². The normalized spacial score (nSPS) is 15.7. The van der Waals surface area contributed by atoms with E-state index in [0.29, 0.717) is 31.9 Å². The molecular weight excluding hydrogens is 467 g/mol. The van der Waals surface area contributed by atoms with E-state index in [2.05, 4.69) is 15.0 Å². The molecule has 1 aromatic heterocycles. The van der Waals surface area contributed by atoms with Gasteiger partial charge in [-0.3, -0.25) is 19.8 Å². The Hall–Kier alpha value is -3.80. The number of Topliss-reactive ketones (excluding diaryl/α,β-unsaturated/α-hetero) is 1. The van der Waals surface area contributed by atoms with E-state index in [4.69, 9.17) is 4.52 Å². The molecule has 0 bridgehead atoms. The van der Waals surface area contributed by atoms with Crippen LogP contribution in [-0.2, 0) is 6.18 Å². The van der Waals surface area contributed by atoms with Gasteiger partial charge in [0.1, 0.15) is 5.69 Å². The smallest absolute Gasteiger partial charge is 0.363 e. The van der Waals surface area contributed by atoms with Crippen molar-refractivity contribution in [2.75, 3.05) is 31.1 Å². The van der Waals surface area contributed by atoms with Crippen LogP contribution in [0.2, 0.25) is 0 Å². The van der Waals surface area contributed by atoms with Gasteiger partial charge in [-0.05, 0) is 38.1 Å². The summed E-state index contributed by atoms with van der Waals surface area (Å²) >= 11 is 0. The first kappa shape index (κ1) is 24.3. The lowest BCUT2D eigenvalue weighted by Gasteiger charge is -2.37. The molecule has 0 aliphatic carbocycles. The fraction of sp³-hybridized carbons (Fsp3) is 0.348. The predicted molar refractivity (Wildman–Crippen MR) is 120 cm³/mol. The SMILES string of the molecule is CC(=O)c1ccc(N2CCN([C@H](C)c3nc(-c4cccc(C(F)(F)F)c4)no3)CC2)c([N+](=O)[O-])c1. The molecule has 1 atom stereocenters. The number of rotatable bonds is 6. The van der Waals surface area contributed by atoms with Crippen LogP contribution in [0, 0.1) is 10.1 Å². The summed E-state index contributed by atoms with van der Waals surface area (Å²) in [5.74, 6) is 0.0859. The number of carbonyl (C=O) groups is 1. The summed E-state index contributed by atoms with van der Waals surface area (Å²) in [5.41, 5.74) is 0.00328. The van der Waals surface area contributed by atoms with Gasteiger partial charge in [-0.15, -0.1) is 0 Å². The number of piperazine rings is 1. The van der Waals surface area contributed by atoms with Crippen molar-refractivity contribution in [2.45, 2.75) is 26.1 Å². The molecule has 35 heavy (non-hydrogen) atoms. The summed E-state index contributed by atoms with van der Waals surface area (Å²) in [4.78, 5) is 30.9. The number of nitrogens with zero attached hydrogens (tertiary/aromatic N) is 5. The lowest BCUT2D eigenvalue weighted by Crippen LogP contribution is -2.47. The number of carbonyl (C=O) groups excluding carboxylic acids is 1. The third-order valence-corrected chi connectivity index (χ3v) is 6.03. The van der Waals surface area contributed by atoms with E-state index in [9.17, 15) is 28.1 Å². The van der Waals surface area contributed by atoms with Crippen LogP contribution < -0.4 is 4.90 Å². The van der Waals surface area contributed by atoms with Crippen molar-refractivity contribution in [1.82, 2.24) is 15.0 Å². The van der Waals surface area contributed by atoms with E-state index in [0.717, 1.165) is 12.1 Å². The zero-order valence-corrected chi connectivity index (χ0v) is 19.0. The molecule has 2 aromatic carbocycles. The standard InChI is InChI=1S/C23H22F3N5O4/c1-14(22-27-21(28-35-22)17-4-3-5-18(12-17)23(24,25)26)29-8-10-30(11-9-29)19-7-6-16(15(2)32)13-20(19)31(33)34/h3-7,12-14H,8-11H2,1-2H3/t14-/m1/s1. The Kier molecular flexibility index (Phi) is 6.57. The summed E-state index contributed by atoms with van der Waals surface area (Å²) in [7, 11) is 0. The van der Waals surface area contributed by atoms with Crippen molar-refractivity contribution >= 4 is 17.2 Å². The third kappa shape index (κ3) is 5.16. The van der Waals surface area contributed by atoms with Gasteiger partial charge in [-0.25, -0.2) is 0 Å². The molecular formula is C23H22F3N5O4. The number of alkyl halides is 3. The highest BCUT2D eigenvalue weighted by atomic mass is 19.4. The number of hydrogen-bond acceptors (Lipinski definition) is 8. The quantitative estimate of drug-likeness (QED) is 0.278. The Balaban J connectivity index is 1.45. The molecule has 2 heterocycles. The van der Waals surface area contributed by atoms with Crippen LogP contribution in [0.4, 0.5) is 24.5 Å². The van der Waals surface area contributed by atoms with Crippen LogP contribution in [-0.4, -0.2) is 51.9 Å². The lowest BCUT2D eigenvalue weighted by molar-refractivity contribution is -0.384. The number of anilines is 1. The van der Waals surface area contributed by atoms with Crippen LogP contribution in [0.5, 0.6) is 0 Å². The van der Waals surface area contributed by atoms with Gasteiger partial charge in [-0.1, -0.05) is 17.3 Å². The number of halogens is 3. The number of aromatic nitrogens is 2. The highest BCUT2D eigenvalue weighted by Crippen LogP contribution is 2.33. The second-order valence-electron chi connectivity index (χ2n) is 8.25. The molecule has 184 valence electrons. The summed E-state index contributed by atoms with van der Waals surface area (Å²) < 4.78 is 44.4. The Morgan fingerprint density at radius 3 is 2.49 bits per heavy atom. The Morgan fingerprint density at radius 2 is 1.86 bits per heavy atom. The highest BCUT2D eigenvalue weighted by molar-refractivity contribution is 5.95. The van der Waals surface area contributed by atoms with E-state index >= 15 is 0 Å². The monoisotopic (exact) mass is 489 g/mol. The zero-order valence-electron chi connectivity index (χ0n) is 19.0. The van der Waals surface area contributed by atoms with Crippen LogP contribution in [0.15, 0.2) is 47.0 Å². The van der Waals surface area contributed by atoms with Gasteiger partial charge in [0.2, 0.25) is 11.7 Å². The molecule has 0 radical (unpaired) electrons. The fourth-order valence-corrected chi connectivity index (χ4v) is 4.02. The second kappa shape index (κ2) is 9.45. The maximum Gasteiger partial charge on any atom is 0.416 e. The summed E-state index contributed by atoms with van der Waals surface area (Å²) in [5, 5.41) is 15.4. The average Bonchev–Trinajstić information content (AvgIpc) is 3.33. The predicted octanol–water partition coefficient (Wildman–Crippen LogP) is 4.75. The summed E-state index contributed by atoms with van der Waals surface area (Å²) in [6.45, 7) is 5.25. The van der Waals surface area contributed by atoms with Crippen molar-refractivity contribution in [2.24, 2.45) is 0 Å². The lowest BCUT2D eigenvalue weighted by atomic mass is 10.1. The summed E-state index contributed by atoms with van der Waals surface area (Å²) in [6.07, 6.45) is -4.48. The molecule has 0 saturated carbocycles. The molecule has 1 fully saturated rings. The molecule has 9 nitrogen and oxygen atoms in total. The summed E-state index contributed by atoms with van der Waals surface area (Å²) in [6, 6.07) is 8.88. The minimum absolute atomic E-state index is 0.0674. The van der Waals surface area contributed by atoms with Gasteiger partial charge in [-0.2, -0.15) is 18.2 Å². The topological polar surface area (TPSA) is 106 Å². The van der Waals surface area contributed by atoms with Crippen molar-refractivity contribution in [3.8, 4) is 11.4 Å². The van der Waals surface area contributed by atoms with Crippen LogP contribution in [0.1, 0.15) is 41.7 Å². The van der Waals surface area contributed by atoms with Gasteiger partial charge < -0.3 is 9.42 Å². The minimum atomic E-state index is -4.48. The molecule has 0 amide bonds. The molecule has 3 aromatic rings. The molecule has 0 unspecified atom stereocenters. The first-order valence-corrected chi connectivity index (χ1v) is 10.8. The van der Waals surface area contributed by atoms with Crippen LogP contribution in [0.3, 0.4) is 0 Å². The molecule has 1 saturated heterocycles. The van der Waals surface area contributed by atoms with Gasteiger partial charge in [0, 0.05) is 43.4 Å². The largest absolute Gasteiger partial charge is 0.416 e. The number of benzene rings is 2. The van der Waals surface area contributed by atoms with Crippen LogP contribution >= 0.6 is 0 Å². The molecule has 0 spiro atoms. The Morgan fingerprint density at radius 1 is 1.14 bits per heavy atom. The maximum atomic E-state index is 13.0.